The Balaban J connectivity index is 1.58. The van der Waals surface area contributed by atoms with Crippen LogP contribution in [0.1, 0.15) is 129 Å². The van der Waals surface area contributed by atoms with Crippen LogP contribution < -0.4 is 0 Å². The van der Waals surface area contributed by atoms with E-state index in [-0.39, 0.29) is 0 Å². The Hall–Kier alpha value is -6.52. The van der Waals surface area contributed by atoms with Gasteiger partial charge in [0.05, 0.1) is 45.6 Å². The lowest BCUT2D eigenvalue weighted by molar-refractivity contribution is 1.05. The first-order valence-corrected chi connectivity index (χ1v) is 23.9. The standard InChI is InChI=1S/C60H60N4/c1-9-41-42(10-2)54-50(38-31-23-18-24-32-38)56-45(13-5)46(14-6)58(63-56)52(40-35-27-20-28-36-40)60-48(16-8)47(15-7)59(64-60)51(39-33-25-19-26-34-39)57-44(12-4)43(11-3)55(62-57)49(53(41)61-54)37-29-21-17-22-30-37/h17-36H,9-16H2,1-8H3. The molecule has 0 N–H and O–H groups in total. The van der Waals surface area contributed by atoms with Gasteiger partial charge in [0, 0.05) is 22.3 Å². The van der Waals surface area contributed by atoms with Crippen LogP contribution in [0, 0.1) is 0 Å². The average Bonchev–Trinajstić information content (AvgIpc) is 4.10. The molecule has 5 aliphatic heterocycles. The van der Waals surface area contributed by atoms with Crippen LogP contribution >= 0.6 is 0 Å². The van der Waals surface area contributed by atoms with Gasteiger partial charge in [-0.1, -0.05) is 177 Å². The molecule has 0 saturated carbocycles. The highest BCUT2D eigenvalue weighted by Crippen LogP contribution is 2.50. The van der Waals surface area contributed by atoms with E-state index in [1.807, 2.05) is 0 Å². The minimum absolute atomic E-state index is 0.840. The van der Waals surface area contributed by atoms with Crippen molar-refractivity contribution in [3.05, 3.63) is 211 Å². The maximum absolute atomic E-state index is 5.97. The molecule has 0 amide bonds. The quantitative estimate of drug-likeness (QED) is 0.136. The highest BCUT2D eigenvalue weighted by molar-refractivity contribution is 6.43. The highest BCUT2D eigenvalue weighted by atomic mass is 14.9. The largest absolute Gasteiger partial charge is 0.247 e. The molecule has 5 aliphatic rings. The lowest BCUT2D eigenvalue weighted by atomic mass is 9.85. The molecule has 5 heterocycles. The zero-order valence-corrected chi connectivity index (χ0v) is 39.0. The number of hydrogen-bond acceptors (Lipinski definition) is 4. The predicted molar refractivity (Wildman–Crippen MR) is 274 cm³/mol. The summed E-state index contributed by atoms with van der Waals surface area (Å²) in [6.45, 7) is 18.4. The lowest BCUT2D eigenvalue weighted by Gasteiger charge is -2.16. The van der Waals surface area contributed by atoms with Crippen LogP contribution in [0.4, 0.5) is 0 Å². The maximum Gasteiger partial charge on any atom is 0.0772 e. The smallest absolute Gasteiger partial charge is 0.0772 e. The molecule has 0 fully saturated rings. The van der Waals surface area contributed by atoms with Gasteiger partial charge in [0.1, 0.15) is 0 Å². The van der Waals surface area contributed by atoms with Crippen LogP contribution in [-0.2, 0) is 0 Å². The first-order valence-electron chi connectivity index (χ1n) is 23.9. The summed E-state index contributed by atoms with van der Waals surface area (Å²) in [7, 11) is 0. The van der Waals surface area contributed by atoms with Crippen LogP contribution in [0.5, 0.6) is 0 Å². The molecule has 4 nitrogen and oxygen atoms in total. The van der Waals surface area contributed by atoms with E-state index in [1.54, 1.807) is 0 Å². The summed E-state index contributed by atoms with van der Waals surface area (Å²) in [5.41, 5.74) is 27.4. The SMILES string of the molecule is CCC1=C(CC)C2=C(c3ccccc3)C3=NC(=C(c4ccccc4)C4=NC(=C(c5ccccc5)C5=NC(=C(c6ccccc6)C1=N2)C(CC)=C5CC)C(CC)=C4CC)C(CC)=C3CC. The molecule has 0 radical (unpaired) electrons. The molecule has 0 aliphatic carbocycles. The zero-order chi connectivity index (χ0) is 44.5. The first kappa shape index (κ1) is 42.8. The number of hydrogen-bond donors (Lipinski definition) is 0. The zero-order valence-electron chi connectivity index (χ0n) is 39.0. The minimum Gasteiger partial charge on any atom is -0.247 e. The third kappa shape index (κ3) is 6.99. The van der Waals surface area contributed by atoms with Gasteiger partial charge in [-0.15, -0.1) is 0 Å². The topological polar surface area (TPSA) is 49.4 Å². The number of allylic oxidation sites excluding steroid dienone is 12. The number of aliphatic imine (C=N–C) groups is 4. The van der Waals surface area contributed by atoms with Crippen molar-refractivity contribution in [1.82, 2.24) is 0 Å². The second kappa shape index (κ2) is 18.3. The van der Waals surface area contributed by atoms with Crippen molar-refractivity contribution in [2.45, 2.75) is 107 Å². The Kier molecular flexibility index (Phi) is 12.2. The van der Waals surface area contributed by atoms with Gasteiger partial charge >= 0.3 is 0 Å². The van der Waals surface area contributed by atoms with E-state index in [0.29, 0.717) is 0 Å². The van der Waals surface area contributed by atoms with Crippen molar-refractivity contribution in [3.63, 3.8) is 0 Å². The third-order valence-electron chi connectivity index (χ3n) is 13.6. The number of nitrogens with zero attached hydrogens (tertiary/aromatic N) is 4. The normalized spacial score (nSPS) is 17.8. The van der Waals surface area contributed by atoms with Gasteiger partial charge in [0.15, 0.2) is 0 Å². The van der Waals surface area contributed by atoms with Crippen molar-refractivity contribution >= 4 is 45.1 Å². The maximum atomic E-state index is 5.97. The third-order valence-corrected chi connectivity index (χ3v) is 13.6. The predicted octanol–water partition coefficient (Wildman–Crippen LogP) is 15.9. The Morgan fingerprint density at radius 2 is 0.406 bits per heavy atom. The molecule has 64 heavy (non-hydrogen) atoms. The van der Waals surface area contributed by atoms with Crippen LogP contribution in [0.25, 0.3) is 22.3 Å². The monoisotopic (exact) mass is 836 g/mol. The van der Waals surface area contributed by atoms with E-state index in [0.717, 1.165) is 142 Å². The molecule has 4 aromatic rings. The fourth-order valence-corrected chi connectivity index (χ4v) is 10.8. The second-order valence-electron chi connectivity index (χ2n) is 16.9. The Morgan fingerprint density at radius 1 is 0.234 bits per heavy atom. The molecule has 0 aromatic heterocycles. The van der Waals surface area contributed by atoms with Crippen molar-refractivity contribution < 1.29 is 0 Å². The molecular formula is C60H60N4. The van der Waals surface area contributed by atoms with Gasteiger partial charge in [0.25, 0.3) is 0 Å². The van der Waals surface area contributed by atoms with Gasteiger partial charge in [-0.3, -0.25) is 0 Å². The van der Waals surface area contributed by atoms with Gasteiger partial charge in [0.2, 0.25) is 0 Å². The van der Waals surface area contributed by atoms with Crippen molar-refractivity contribution in [1.29, 1.82) is 0 Å². The fourth-order valence-electron chi connectivity index (χ4n) is 10.8. The second-order valence-corrected chi connectivity index (χ2v) is 16.9. The number of rotatable bonds is 12. The average molecular weight is 837 g/mol. The molecule has 0 atom stereocenters. The molecule has 0 spiro atoms. The van der Waals surface area contributed by atoms with Crippen molar-refractivity contribution in [2.24, 2.45) is 20.0 Å². The number of benzene rings is 4. The first-order chi connectivity index (χ1) is 31.5. The summed E-state index contributed by atoms with van der Waals surface area (Å²) in [6.07, 6.45) is 6.72. The Labute approximate surface area is 381 Å². The van der Waals surface area contributed by atoms with E-state index < -0.39 is 0 Å². The highest BCUT2D eigenvalue weighted by Gasteiger charge is 2.39. The van der Waals surface area contributed by atoms with Gasteiger partial charge in [-0.25, -0.2) is 20.0 Å². The summed E-state index contributed by atoms with van der Waals surface area (Å²) in [6, 6.07) is 43.7. The van der Waals surface area contributed by atoms with Crippen LogP contribution in [0.15, 0.2) is 209 Å². The Morgan fingerprint density at radius 3 is 0.562 bits per heavy atom. The molecule has 0 saturated heterocycles. The Bertz CT molecular complexity index is 2530. The van der Waals surface area contributed by atoms with E-state index in [1.165, 1.54) is 44.6 Å². The molecule has 8 bridgehead atoms. The van der Waals surface area contributed by atoms with Gasteiger partial charge in [-0.2, -0.15) is 0 Å². The van der Waals surface area contributed by atoms with Gasteiger partial charge in [-0.05, 0) is 118 Å². The fraction of sp³-hybridized carbons (Fsp3) is 0.267. The van der Waals surface area contributed by atoms with Crippen molar-refractivity contribution in [2.75, 3.05) is 0 Å². The summed E-state index contributed by atoms with van der Waals surface area (Å²) < 4.78 is 0. The van der Waals surface area contributed by atoms with Crippen molar-refractivity contribution in [3.8, 4) is 0 Å². The molecule has 4 aromatic carbocycles. The minimum atomic E-state index is 0.840. The van der Waals surface area contributed by atoms with Crippen LogP contribution in [0.2, 0.25) is 0 Å². The van der Waals surface area contributed by atoms with Gasteiger partial charge < -0.3 is 0 Å². The summed E-state index contributed by atoms with van der Waals surface area (Å²) in [4.78, 5) is 23.9. The molecular weight excluding hydrogens is 777 g/mol. The van der Waals surface area contributed by atoms with Crippen LogP contribution in [-0.4, -0.2) is 22.8 Å². The molecule has 9 rings (SSSR count). The molecule has 4 heteroatoms. The summed E-state index contributed by atoms with van der Waals surface area (Å²) >= 11 is 0. The number of fused-ring (bicyclic) bond motifs is 4. The van der Waals surface area contributed by atoms with E-state index in [2.05, 4.69) is 177 Å². The van der Waals surface area contributed by atoms with E-state index in [4.69, 9.17) is 20.0 Å². The molecule has 0 unspecified atom stereocenters. The lowest BCUT2D eigenvalue weighted by Crippen LogP contribution is -2.07. The summed E-state index contributed by atoms with van der Waals surface area (Å²) in [5.74, 6) is 0. The van der Waals surface area contributed by atoms with Crippen LogP contribution in [0.3, 0.4) is 0 Å². The van der Waals surface area contributed by atoms with E-state index in [9.17, 15) is 0 Å². The summed E-state index contributed by atoms with van der Waals surface area (Å²) in [5, 5.41) is 0. The van der Waals surface area contributed by atoms with E-state index >= 15 is 0 Å². The molecule has 320 valence electrons.